The van der Waals surface area contributed by atoms with Crippen LogP contribution in [-0.4, -0.2) is 37.4 Å². The molecule has 1 aromatic carbocycles. The highest BCUT2D eigenvalue weighted by atomic mass is 127. The Morgan fingerprint density at radius 3 is 2.79 bits per heavy atom. The van der Waals surface area contributed by atoms with Gasteiger partial charge < -0.3 is 15.2 Å². The molecule has 4 nitrogen and oxygen atoms in total. The molecule has 0 aliphatic carbocycles. The van der Waals surface area contributed by atoms with Gasteiger partial charge >= 0.3 is 0 Å². The van der Waals surface area contributed by atoms with Gasteiger partial charge in [0, 0.05) is 22.3 Å². The number of methoxy groups -OCH3 is 1. The van der Waals surface area contributed by atoms with E-state index >= 15 is 0 Å². The Hall–Kier alpha value is -0.0800. The second-order valence-electron chi connectivity index (χ2n) is 3.89. The lowest BCUT2D eigenvalue weighted by molar-refractivity contribution is 0.0878. The van der Waals surface area contributed by atoms with Crippen LogP contribution in [0.2, 0.25) is 10.0 Å². The van der Waals surface area contributed by atoms with Crippen LogP contribution < -0.4 is 5.32 Å². The highest BCUT2D eigenvalue weighted by molar-refractivity contribution is 14.1. The second-order valence-corrected chi connectivity index (χ2v) is 5.81. The van der Waals surface area contributed by atoms with Gasteiger partial charge in [-0.1, -0.05) is 23.2 Å². The van der Waals surface area contributed by atoms with Crippen LogP contribution in [0.3, 0.4) is 0 Å². The summed E-state index contributed by atoms with van der Waals surface area (Å²) in [4.78, 5) is 12.2. The van der Waals surface area contributed by atoms with Crippen molar-refractivity contribution in [2.75, 3.05) is 20.3 Å². The summed E-state index contributed by atoms with van der Waals surface area (Å²) in [6.45, 7) is 0.304. The van der Waals surface area contributed by atoms with Crippen LogP contribution in [0, 0.1) is 3.57 Å². The van der Waals surface area contributed by atoms with Crippen LogP contribution in [0.15, 0.2) is 12.1 Å². The average Bonchev–Trinajstić information content (AvgIpc) is 2.34. The van der Waals surface area contributed by atoms with Gasteiger partial charge in [-0.3, -0.25) is 4.79 Å². The Kier molecular flexibility index (Phi) is 7.38. The number of aliphatic hydroxyl groups is 1. The summed E-state index contributed by atoms with van der Waals surface area (Å²) >= 11 is 13.9. The smallest absolute Gasteiger partial charge is 0.252 e. The molecule has 19 heavy (non-hydrogen) atoms. The maximum Gasteiger partial charge on any atom is 0.252 e. The number of halogens is 3. The van der Waals surface area contributed by atoms with Crippen molar-refractivity contribution in [3.8, 4) is 0 Å². The van der Waals surface area contributed by atoms with Crippen LogP contribution in [-0.2, 0) is 4.74 Å². The lowest BCUT2D eigenvalue weighted by Gasteiger charge is -2.17. The number of amides is 1. The van der Waals surface area contributed by atoms with E-state index in [-0.39, 0.29) is 18.6 Å². The van der Waals surface area contributed by atoms with Crippen LogP contribution in [0.4, 0.5) is 0 Å². The Labute approximate surface area is 135 Å². The Balaban J connectivity index is 2.87. The zero-order valence-corrected chi connectivity index (χ0v) is 13.9. The van der Waals surface area contributed by atoms with Crippen molar-refractivity contribution >= 4 is 51.7 Å². The van der Waals surface area contributed by atoms with E-state index in [4.69, 9.17) is 33.0 Å². The number of ether oxygens (including phenoxy) is 1. The van der Waals surface area contributed by atoms with Gasteiger partial charge in [0.05, 0.1) is 23.2 Å². The Bertz CT molecular complexity index is 451. The summed E-state index contributed by atoms with van der Waals surface area (Å²) in [7, 11) is 1.54. The number of carbonyl (C=O) groups is 1. The van der Waals surface area contributed by atoms with E-state index in [0.717, 1.165) is 0 Å². The molecular formula is C12H14Cl2INO3. The van der Waals surface area contributed by atoms with Crippen LogP contribution in [0.1, 0.15) is 16.8 Å². The Morgan fingerprint density at radius 2 is 2.21 bits per heavy atom. The molecule has 0 aromatic heterocycles. The normalized spacial score (nSPS) is 12.3. The van der Waals surface area contributed by atoms with Gasteiger partial charge in [-0.05, 0) is 41.1 Å². The molecule has 1 atom stereocenters. The molecule has 0 fully saturated rings. The van der Waals surface area contributed by atoms with Crippen molar-refractivity contribution in [3.05, 3.63) is 31.3 Å². The first-order valence-corrected chi connectivity index (χ1v) is 7.38. The fourth-order valence-corrected chi connectivity index (χ4v) is 2.59. The van der Waals surface area contributed by atoms with Crippen molar-refractivity contribution < 1.29 is 14.6 Å². The lowest BCUT2D eigenvalue weighted by atomic mass is 10.1. The number of carbonyl (C=O) groups excluding carboxylic acids is 1. The van der Waals surface area contributed by atoms with E-state index in [1.165, 1.54) is 7.11 Å². The molecule has 0 aliphatic heterocycles. The number of nitrogens with one attached hydrogen (secondary N) is 1. The van der Waals surface area contributed by atoms with E-state index in [1.54, 1.807) is 12.1 Å². The van der Waals surface area contributed by atoms with Crippen molar-refractivity contribution in [2.45, 2.75) is 12.5 Å². The average molecular weight is 418 g/mol. The zero-order valence-electron chi connectivity index (χ0n) is 10.3. The highest BCUT2D eigenvalue weighted by Gasteiger charge is 2.17. The number of benzene rings is 1. The molecule has 7 heteroatoms. The van der Waals surface area contributed by atoms with Crippen molar-refractivity contribution in [1.82, 2.24) is 5.32 Å². The first-order valence-electron chi connectivity index (χ1n) is 5.54. The summed E-state index contributed by atoms with van der Waals surface area (Å²) < 4.78 is 5.63. The molecule has 0 saturated carbocycles. The molecule has 0 spiro atoms. The molecule has 0 saturated heterocycles. The first-order chi connectivity index (χ1) is 8.99. The molecule has 0 bridgehead atoms. The summed E-state index contributed by atoms with van der Waals surface area (Å²) in [6.07, 6.45) is 0.421. The molecule has 2 N–H and O–H groups in total. The monoisotopic (exact) mass is 417 g/mol. The third-order valence-corrected chi connectivity index (χ3v) is 4.42. The van der Waals surface area contributed by atoms with E-state index < -0.39 is 0 Å². The molecule has 1 rings (SSSR count). The summed E-state index contributed by atoms with van der Waals surface area (Å²) in [5, 5.41) is 12.6. The quantitative estimate of drug-likeness (QED) is 0.552. The summed E-state index contributed by atoms with van der Waals surface area (Å²) in [5.41, 5.74) is 0.414. The van der Waals surface area contributed by atoms with Gasteiger partial charge in [0.15, 0.2) is 0 Å². The predicted molar refractivity (Wildman–Crippen MR) is 84.0 cm³/mol. The van der Waals surface area contributed by atoms with E-state index in [9.17, 15) is 4.79 Å². The molecule has 1 amide bonds. The number of hydrogen-bond acceptors (Lipinski definition) is 3. The minimum atomic E-state index is -0.288. The van der Waals surface area contributed by atoms with Gasteiger partial charge in [-0.25, -0.2) is 0 Å². The van der Waals surface area contributed by atoms with Gasteiger partial charge in [-0.2, -0.15) is 0 Å². The fourth-order valence-electron chi connectivity index (χ4n) is 1.54. The first kappa shape index (κ1) is 17.0. The third kappa shape index (κ3) is 5.07. The van der Waals surface area contributed by atoms with Crippen LogP contribution in [0.5, 0.6) is 0 Å². The minimum Gasteiger partial charge on any atom is -0.396 e. The molecule has 0 aliphatic rings. The summed E-state index contributed by atoms with van der Waals surface area (Å²) in [5.74, 6) is -0.288. The molecule has 106 valence electrons. The SMILES string of the molecule is COCC(CCO)NC(=O)c1cc(Cl)cc(Cl)c1I. The van der Waals surface area contributed by atoms with E-state index in [0.29, 0.717) is 32.2 Å². The number of hydrogen-bond donors (Lipinski definition) is 2. The maximum atomic E-state index is 12.2. The minimum absolute atomic E-state index is 0.0261. The van der Waals surface area contributed by atoms with E-state index in [1.807, 2.05) is 22.6 Å². The third-order valence-electron chi connectivity index (χ3n) is 2.42. The topological polar surface area (TPSA) is 58.6 Å². The van der Waals surface area contributed by atoms with Crippen molar-refractivity contribution in [3.63, 3.8) is 0 Å². The van der Waals surface area contributed by atoms with E-state index in [2.05, 4.69) is 5.32 Å². The Morgan fingerprint density at radius 1 is 1.53 bits per heavy atom. The predicted octanol–water partition coefficient (Wildman–Crippen LogP) is 2.73. The van der Waals surface area contributed by atoms with Crippen molar-refractivity contribution in [1.29, 1.82) is 0 Å². The number of aliphatic hydroxyl groups excluding tert-OH is 1. The van der Waals surface area contributed by atoms with Gasteiger partial charge in [-0.15, -0.1) is 0 Å². The van der Waals surface area contributed by atoms with Gasteiger partial charge in [0.2, 0.25) is 0 Å². The largest absolute Gasteiger partial charge is 0.396 e. The standard InChI is InChI=1S/C12H14Cl2INO3/c1-19-6-8(2-3-17)16-12(18)9-4-7(13)5-10(14)11(9)15/h4-5,8,17H,2-3,6H2,1H3,(H,16,18). The number of rotatable bonds is 6. The molecular weight excluding hydrogens is 404 g/mol. The zero-order chi connectivity index (χ0) is 14.4. The fraction of sp³-hybridized carbons (Fsp3) is 0.417. The molecule has 1 aromatic rings. The maximum absolute atomic E-state index is 12.2. The highest BCUT2D eigenvalue weighted by Crippen LogP contribution is 2.26. The lowest BCUT2D eigenvalue weighted by Crippen LogP contribution is -2.39. The van der Waals surface area contributed by atoms with Crippen molar-refractivity contribution in [2.24, 2.45) is 0 Å². The molecule has 1 unspecified atom stereocenters. The van der Waals surface area contributed by atoms with Gasteiger partial charge in [0.25, 0.3) is 5.91 Å². The van der Waals surface area contributed by atoms with Crippen LogP contribution in [0.25, 0.3) is 0 Å². The molecule has 0 radical (unpaired) electrons. The van der Waals surface area contributed by atoms with Crippen LogP contribution >= 0.6 is 45.8 Å². The summed E-state index contributed by atoms with van der Waals surface area (Å²) in [6, 6.07) is 2.89. The van der Waals surface area contributed by atoms with Gasteiger partial charge in [0.1, 0.15) is 0 Å². The molecule has 0 heterocycles. The second kappa shape index (κ2) is 8.26.